The highest BCUT2D eigenvalue weighted by Gasteiger charge is 2.16. The highest BCUT2D eigenvalue weighted by Crippen LogP contribution is 2.17. The van der Waals surface area contributed by atoms with Crippen molar-refractivity contribution in [1.82, 2.24) is 15.3 Å². The van der Waals surface area contributed by atoms with E-state index in [0.29, 0.717) is 22.8 Å². The lowest BCUT2D eigenvalue weighted by atomic mass is 10.2. The molecule has 1 amide bonds. The molecule has 1 heterocycles. The van der Waals surface area contributed by atoms with Gasteiger partial charge in [-0.25, -0.2) is 4.79 Å². The van der Waals surface area contributed by atoms with Crippen LogP contribution < -0.4 is 11.0 Å². The molecule has 0 atom stereocenters. The summed E-state index contributed by atoms with van der Waals surface area (Å²) in [5, 5.41) is 11.9. The molecule has 0 aliphatic carbocycles. The summed E-state index contributed by atoms with van der Waals surface area (Å²) in [7, 11) is 0. The minimum Gasteiger partial charge on any atom is -0.396 e. The van der Waals surface area contributed by atoms with Crippen molar-refractivity contribution in [2.45, 2.75) is 37.6 Å². The number of unbranched alkanes of at least 4 members (excludes halogenated alkanes) is 3. The van der Waals surface area contributed by atoms with Gasteiger partial charge in [0.1, 0.15) is 5.03 Å². The second-order valence-electron chi connectivity index (χ2n) is 4.44. The van der Waals surface area contributed by atoms with Gasteiger partial charge in [0.15, 0.2) is 0 Å². The molecule has 112 valence electrons. The lowest BCUT2D eigenvalue weighted by Gasteiger charge is -2.10. The number of aliphatic hydroxyl groups excluding tert-OH is 1. The second-order valence-corrected chi connectivity index (χ2v) is 5.24. The number of carbonyl (C=O) groups is 1. The Morgan fingerprint density at radius 2 is 2.05 bits per heavy atom. The zero-order valence-corrected chi connectivity index (χ0v) is 12.7. The first-order valence-corrected chi connectivity index (χ1v) is 7.86. The van der Waals surface area contributed by atoms with Gasteiger partial charge in [-0.2, -0.15) is 4.98 Å². The van der Waals surface area contributed by atoms with Gasteiger partial charge in [-0.15, -0.1) is 11.8 Å². The Balaban J connectivity index is 2.57. The normalized spacial score (nSPS) is 10.6. The lowest BCUT2D eigenvalue weighted by molar-refractivity contribution is 0.0948. The zero-order chi connectivity index (χ0) is 15.0. The molecule has 0 bridgehead atoms. The van der Waals surface area contributed by atoms with Gasteiger partial charge in [0.2, 0.25) is 0 Å². The third-order valence-electron chi connectivity index (χ3n) is 2.88. The van der Waals surface area contributed by atoms with Crippen LogP contribution in [-0.2, 0) is 0 Å². The number of aromatic nitrogens is 2. The molecular weight excluding hydrogens is 278 g/mol. The molecule has 0 aromatic carbocycles. The Hall–Kier alpha value is -1.34. The number of aromatic amines is 1. The molecule has 20 heavy (non-hydrogen) atoms. The van der Waals surface area contributed by atoms with Crippen LogP contribution >= 0.6 is 11.8 Å². The van der Waals surface area contributed by atoms with Crippen LogP contribution in [0.5, 0.6) is 0 Å². The van der Waals surface area contributed by atoms with Crippen LogP contribution in [-0.4, -0.2) is 40.4 Å². The third-order valence-corrected chi connectivity index (χ3v) is 3.56. The molecule has 0 unspecified atom stereocenters. The summed E-state index contributed by atoms with van der Waals surface area (Å²) in [5.74, 6) is -0.210. The number of H-pyrrole nitrogens is 1. The minimum absolute atomic E-state index is 0.210. The fourth-order valence-electron chi connectivity index (χ4n) is 1.86. The van der Waals surface area contributed by atoms with Crippen LogP contribution in [0, 0.1) is 6.92 Å². The molecule has 0 fully saturated rings. The maximum Gasteiger partial charge on any atom is 0.346 e. The standard InChI is InChI=1S/C13H21N3O3S/c1-9-10(12(20-2)16-13(19)15-9)11(18)14-7-5-3-4-6-8-17/h17H,3-8H2,1-2H3,(H,14,18)(H,15,16,19). The van der Waals surface area contributed by atoms with Crippen molar-refractivity contribution in [2.24, 2.45) is 0 Å². The largest absolute Gasteiger partial charge is 0.396 e. The number of nitrogens with zero attached hydrogens (tertiary/aromatic N) is 1. The van der Waals surface area contributed by atoms with Gasteiger partial charge in [-0.3, -0.25) is 4.79 Å². The van der Waals surface area contributed by atoms with Gasteiger partial charge < -0.3 is 15.4 Å². The van der Waals surface area contributed by atoms with E-state index in [9.17, 15) is 9.59 Å². The molecule has 0 radical (unpaired) electrons. The molecule has 3 N–H and O–H groups in total. The van der Waals surface area contributed by atoms with E-state index in [4.69, 9.17) is 5.11 Å². The summed E-state index contributed by atoms with van der Waals surface area (Å²) in [6, 6.07) is 0. The predicted octanol–water partition coefficient (Wildman–Crippen LogP) is 1.08. The Kier molecular flexibility index (Phi) is 7.32. The maximum atomic E-state index is 12.1. The quantitative estimate of drug-likeness (QED) is 0.379. The number of thioether (sulfide) groups is 1. The molecule has 1 aromatic heterocycles. The Morgan fingerprint density at radius 3 is 2.70 bits per heavy atom. The van der Waals surface area contributed by atoms with E-state index >= 15 is 0 Å². The summed E-state index contributed by atoms with van der Waals surface area (Å²) in [6.45, 7) is 2.49. The average Bonchev–Trinajstić information content (AvgIpc) is 2.41. The molecule has 6 nitrogen and oxygen atoms in total. The van der Waals surface area contributed by atoms with E-state index in [-0.39, 0.29) is 12.5 Å². The number of hydrogen-bond donors (Lipinski definition) is 3. The molecular formula is C13H21N3O3S. The number of carbonyl (C=O) groups excluding carboxylic acids is 1. The van der Waals surface area contributed by atoms with Crippen LogP contribution in [0.25, 0.3) is 0 Å². The summed E-state index contributed by atoms with van der Waals surface area (Å²) >= 11 is 1.28. The molecule has 0 aliphatic heterocycles. The van der Waals surface area contributed by atoms with Crippen molar-refractivity contribution in [3.63, 3.8) is 0 Å². The molecule has 1 rings (SSSR count). The minimum atomic E-state index is -0.438. The molecule has 1 aromatic rings. The van der Waals surface area contributed by atoms with E-state index in [1.54, 1.807) is 13.2 Å². The molecule has 0 aliphatic rings. The summed E-state index contributed by atoms with van der Waals surface area (Å²) in [5.41, 5.74) is 0.534. The van der Waals surface area contributed by atoms with Gasteiger partial charge in [0, 0.05) is 18.8 Å². The van der Waals surface area contributed by atoms with Crippen molar-refractivity contribution < 1.29 is 9.90 Å². The lowest BCUT2D eigenvalue weighted by Crippen LogP contribution is -2.28. The highest BCUT2D eigenvalue weighted by atomic mass is 32.2. The van der Waals surface area contributed by atoms with E-state index in [1.807, 2.05) is 0 Å². The number of nitrogens with one attached hydrogen (secondary N) is 2. The molecule has 0 saturated carbocycles. The SMILES string of the molecule is CSc1nc(=O)[nH]c(C)c1C(=O)NCCCCCCO. The smallest absolute Gasteiger partial charge is 0.346 e. The van der Waals surface area contributed by atoms with Gasteiger partial charge >= 0.3 is 5.69 Å². The van der Waals surface area contributed by atoms with Gasteiger partial charge in [-0.05, 0) is 26.0 Å². The maximum absolute atomic E-state index is 12.1. The second kappa shape index (κ2) is 8.76. The van der Waals surface area contributed by atoms with Crippen molar-refractivity contribution in [3.8, 4) is 0 Å². The van der Waals surface area contributed by atoms with Crippen LogP contribution in [0.2, 0.25) is 0 Å². The van der Waals surface area contributed by atoms with Gasteiger partial charge in [0.25, 0.3) is 5.91 Å². The van der Waals surface area contributed by atoms with E-state index in [1.165, 1.54) is 11.8 Å². The topological polar surface area (TPSA) is 95.1 Å². The predicted molar refractivity (Wildman–Crippen MR) is 79.3 cm³/mol. The molecule has 0 saturated heterocycles. The summed E-state index contributed by atoms with van der Waals surface area (Å²) in [6.07, 6.45) is 5.39. The van der Waals surface area contributed by atoms with Gasteiger partial charge in [0.05, 0.1) is 5.56 Å². The van der Waals surface area contributed by atoms with Crippen molar-refractivity contribution in [2.75, 3.05) is 19.4 Å². The number of amides is 1. The number of hydrogen-bond acceptors (Lipinski definition) is 5. The average molecular weight is 299 g/mol. The number of rotatable bonds is 8. The third kappa shape index (κ3) is 4.97. The first kappa shape index (κ1) is 16.7. The van der Waals surface area contributed by atoms with E-state index < -0.39 is 5.69 Å². The molecule has 0 spiro atoms. The molecule has 7 heteroatoms. The van der Waals surface area contributed by atoms with Crippen LogP contribution in [0.1, 0.15) is 41.7 Å². The van der Waals surface area contributed by atoms with Crippen LogP contribution in [0.15, 0.2) is 9.82 Å². The van der Waals surface area contributed by atoms with Gasteiger partial charge in [-0.1, -0.05) is 12.8 Å². The Labute approximate surface area is 122 Å². The summed E-state index contributed by atoms with van der Waals surface area (Å²) < 4.78 is 0. The zero-order valence-electron chi connectivity index (χ0n) is 11.9. The van der Waals surface area contributed by atoms with Crippen LogP contribution in [0.3, 0.4) is 0 Å². The van der Waals surface area contributed by atoms with E-state index in [0.717, 1.165) is 25.7 Å². The van der Waals surface area contributed by atoms with Crippen molar-refractivity contribution in [3.05, 3.63) is 21.7 Å². The number of aliphatic hydroxyl groups is 1. The van der Waals surface area contributed by atoms with Crippen molar-refractivity contribution >= 4 is 17.7 Å². The Bertz CT molecular complexity index is 502. The van der Waals surface area contributed by atoms with E-state index in [2.05, 4.69) is 15.3 Å². The first-order valence-electron chi connectivity index (χ1n) is 6.64. The monoisotopic (exact) mass is 299 g/mol. The van der Waals surface area contributed by atoms with Crippen LogP contribution in [0.4, 0.5) is 0 Å². The fourth-order valence-corrected chi connectivity index (χ4v) is 2.48. The first-order chi connectivity index (χ1) is 9.60. The summed E-state index contributed by atoms with van der Waals surface area (Å²) in [4.78, 5) is 29.7. The van der Waals surface area contributed by atoms with Crippen molar-refractivity contribution in [1.29, 1.82) is 0 Å². The fraction of sp³-hybridized carbons (Fsp3) is 0.615. The number of aryl methyl sites for hydroxylation is 1. The Morgan fingerprint density at radius 1 is 1.35 bits per heavy atom. The highest BCUT2D eigenvalue weighted by molar-refractivity contribution is 7.98.